The van der Waals surface area contributed by atoms with Crippen LogP contribution < -0.4 is 17.0 Å². The first-order chi connectivity index (χ1) is 21.0. The van der Waals surface area contributed by atoms with Gasteiger partial charge in [-0.2, -0.15) is 14.6 Å². The smallest absolute Gasteiger partial charge is 0.394 e. The summed E-state index contributed by atoms with van der Waals surface area (Å²) in [5.41, 5.74) is 10.3. The molecule has 4 aromatic rings. The third kappa shape index (κ3) is 5.73. The number of nitrogens with one attached hydrogen (secondary N) is 1. The summed E-state index contributed by atoms with van der Waals surface area (Å²) in [6.07, 6.45) is -2.26. The number of hydrogen-bond acceptors (Lipinski definition) is 15. The summed E-state index contributed by atoms with van der Waals surface area (Å²) in [5, 5.41) is 13.9. The molecule has 0 amide bonds. The average Bonchev–Trinajstić information content (AvgIpc) is 3.73. The van der Waals surface area contributed by atoms with Crippen molar-refractivity contribution in [1.29, 1.82) is 0 Å². The molecule has 2 aliphatic rings. The first-order valence-electron chi connectivity index (χ1n) is 13.0. The number of aromatic amines is 1. The first kappa shape index (κ1) is 31.3. The first-order valence-corrected chi connectivity index (χ1v) is 18.1. The molecule has 23 heteroatoms. The van der Waals surface area contributed by atoms with E-state index in [9.17, 15) is 19.4 Å². The minimum atomic E-state index is -4.04. The number of nitrogen functional groups attached to an aromatic ring is 2. The summed E-state index contributed by atoms with van der Waals surface area (Å²) < 4.78 is 53.2. The minimum absolute atomic E-state index is 0.0342. The number of halogens is 1. The van der Waals surface area contributed by atoms with E-state index >= 15 is 4.39 Å². The lowest BCUT2D eigenvalue weighted by Gasteiger charge is -2.28. The van der Waals surface area contributed by atoms with E-state index in [1.165, 1.54) is 27.9 Å². The zero-order valence-electron chi connectivity index (χ0n) is 22.4. The largest absolute Gasteiger partial charge is 0.582 e. The number of ether oxygens (including phenoxy) is 2. The summed E-state index contributed by atoms with van der Waals surface area (Å²) in [5.74, 6) is -0.0914. The molecule has 2 saturated heterocycles. The monoisotopic (exact) mass is 691 g/mol. The fraction of sp³-hybridized carbons (Fsp3) is 0.524. The third-order valence-electron chi connectivity index (χ3n) is 7.38. The Kier molecular flexibility index (Phi) is 8.70. The number of aromatic nitrogens is 8. The number of aliphatic hydroxyl groups is 1. The van der Waals surface area contributed by atoms with Crippen LogP contribution in [0.3, 0.4) is 0 Å². The van der Waals surface area contributed by atoms with Crippen molar-refractivity contribution in [3.8, 4) is 0 Å². The molecule has 6 heterocycles. The predicted octanol–water partition coefficient (Wildman–Crippen LogP) is 0.529. The normalized spacial score (nSPS) is 29.0. The van der Waals surface area contributed by atoms with E-state index in [4.69, 9.17) is 41.8 Å². The molecule has 7 N–H and O–H groups in total. The fourth-order valence-electron chi connectivity index (χ4n) is 5.42. The number of thiol groups is 1. The topological polar surface area (TPSA) is 253 Å². The summed E-state index contributed by atoms with van der Waals surface area (Å²) >= 11 is 9.30. The Balaban J connectivity index is 1.20. The van der Waals surface area contributed by atoms with Crippen LogP contribution in [0.4, 0.5) is 16.3 Å². The van der Waals surface area contributed by atoms with E-state index in [2.05, 4.69) is 42.3 Å². The molecule has 2 aliphatic heterocycles. The van der Waals surface area contributed by atoms with Gasteiger partial charge in [0.1, 0.15) is 42.6 Å². The van der Waals surface area contributed by atoms with Gasteiger partial charge in [0.05, 0.1) is 37.9 Å². The molecule has 2 unspecified atom stereocenters. The fourth-order valence-corrected chi connectivity index (χ4v) is 8.74. The van der Waals surface area contributed by atoms with Crippen LogP contribution in [0.5, 0.6) is 0 Å². The number of rotatable bonds is 10. The molecule has 6 rings (SSSR count). The van der Waals surface area contributed by atoms with Crippen molar-refractivity contribution in [3.05, 3.63) is 34.8 Å². The lowest BCUT2D eigenvalue weighted by Crippen LogP contribution is -2.31. The van der Waals surface area contributed by atoms with Crippen molar-refractivity contribution in [2.24, 2.45) is 0 Å². The number of nitrogens with two attached hydrogens (primary N) is 2. The van der Waals surface area contributed by atoms with Crippen LogP contribution in [0.25, 0.3) is 16.8 Å². The van der Waals surface area contributed by atoms with Crippen molar-refractivity contribution in [2.45, 2.75) is 55.3 Å². The molecule has 236 valence electrons. The standard InChI is InChI=1S/C21H25FN10O8P2S2/c22-13-12(5-33)39-19(31-7-27-14-17(31)29-20(23)30-18(14)34)15(13)42(36,44)37-2-1-9-11(40-41(35)43)3-10(38-9)8-4-28-32-16(8)25-6-26-21(32)24/h4,6-7,9-13,15,19,33H,1-3,5H2,(H6-,23,24,25,26,28,29,30,34,35,36,43,44)/p+1/t9-,10-,11+,12-,13-,15-,19-,42?/m1/s1. The number of nitrogens with zero attached hydrogens (tertiary/aromatic N) is 7. The second-order valence-corrected chi connectivity index (χ2v) is 15.2. The Bertz CT molecular complexity index is 1830. The molecular formula is C21H26FN10O8P2S2+. The van der Waals surface area contributed by atoms with Crippen molar-refractivity contribution in [3.63, 3.8) is 0 Å². The van der Waals surface area contributed by atoms with E-state index < -0.39 is 68.4 Å². The molecule has 0 saturated carbocycles. The van der Waals surface area contributed by atoms with E-state index in [1.807, 2.05) is 0 Å². The Labute approximate surface area is 257 Å². The van der Waals surface area contributed by atoms with Gasteiger partial charge in [0.2, 0.25) is 11.9 Å². The summed E-state index contributed by atoms with van der Waals surface area (Å²) in [4.78, 5) is 42.1. The summed E-state index contributed by atoms with van der Waals surface area (Å²) in [6.45, 7) is -4.97. The summed E-state index contributed by atoms with van der Waals surface area (Å²) in [7, 11) is -2.30. The zero-order valence-corrected chi connectivity index (χ0v) is 25.9. The highest BCUT2D eigenvalue weighted by Crippen LogP contribution is 2.58. The van der Waals surface area contributed by atoms with Crippen LogP contribution in [-0.4, -0.2) is 92.5 Å². The van der Waals surface area contributed by atoms with Crippen LogP contribution >= 0.6 is 26.0 Å². The van der Waals surface area contributed by atoms with Gasteiger partial charge in [-0.05, 0) is 16.4 Å². The predicted molar refractivity (Wildman–Crippen MR) is 158 cm³/mol. The SMILES string of the molecule is Nc1nc2c(ncn2[C@@H]2O[C@H](CO)[C@@H](F)[C@H]2P(O)(=S)OCC[C@H]2O[C@@H](c3cnn4c(N)ncnc34)C[C@@H]2O[P+](=O)S)c(=O)[nH]1. The number of anilines is 2. The third-order valence-corrected chi connectivity index (χ3v) is 11.0. The summed E-state index contributed by atoms with van der Waals surface area (Å²) in [6, 6.07) is 0. The van der Waals surface area contributed by atoms with Crippen molar-refractivity contribution < 1.29 is 37.5 Å². The molecular weight excluding hydrogens is 665 g/mol. The Morgan fingerprint density at radius 2 is 2.07 bits per heavy atom. The maximum Gasteiger partial charge on any atom is 0.582 e. The van der Waals surface area contributed by atoms with Gasteiger partial charge >= 0.3 is 7.23 Å². The Morgan fingerprint density at radius 3 is 2.82 bits per heavy atom. The molecule has 2 fully saturated rings. The zero-order chi connectivity index (χ0) is 31.3. The highest BCUT2D eigenvalue weighted by atomic mass is 32.7. The van der Waals surface area contributed by atoms with Crippen LogP contribution in [0.1, 0.15) is 30.7 Å². The van der Waals surface area contributed by atoms with Gasteiger partial charge in [0.15, 0.2) is 29.5 Å². The van der Waals surface area contributed by atoms with Crippen molar-refractivity contribution in [2.75, 3.05) is 24.7 Å². The minimum Gasteiger partial charge on any atom is -0.394 e. The van der Waals surface area contributed by atoms with Crippen LogP contribution in [0.2, 0.25) is 0 Å². The van der Waals surface area contributed by atoms with Gasteiger partial charge in [-0.15, -0.1) is 4.52 Å². The molecule has 0 bridgehead atoms. The maximum atomic E-state index is 15.6. The number of hydrogen-bond donors (Lipinski definition) is 6. The molecule has 0 aliphatic carbocycles. The number of fused-ring (bicyclic) bond motifs is 2. The second-order valence-electron chi connectivity index (χ2n) is 9.99. The lowest BCUT2D eigenvalue weighted by atomic mass is 10.1. The van der Waals surface area contributed by atoms with E-state index in [-0.39, 0.29) is 42.5 Å². The van der Waals surface area contributed by atoms with E-state index in [0.717, 1.165) is 0 Å². The quantitative estimate of drug-likeness (QED) is 0.0979. The van der Waals surface area contributed by atoms with E-state index in [0.29, 0.717) is 11.2 Å². The molecule has 0 radical (unpaired) electrons. The molecule has 0 aromatic carbocycles. The second kappa shape index (κ2) is 12.2. The maximum absolute atomic E-state index is 15.6. The molecule has 44 heavy (non-hydrogen) atoms. The van der Waals surface area contributed by atoms with Gasteiger partial charge < -0.3 is 35.5 Å². The van der Waals surface area contributed by atoms with Crippen molar-refractivity contribution >= 4 is 66.5 Å². The molecule has 4 aromatic heterocycles. The van der Waals surface area contributed by atoms with Crippen LogP contribution in [-0.2, 0) is 34.9 Å². The highest BCUT2D eigenvalue weighted by molar-refractivity contribution is 8.39. The molecule has 18 nitrogen and oxygen atoms in total. The lowest BCUT2D eigenvalue weighted by molar-refractivity contribution is -0.0324. The van der Waals surface area contributed by atoms with Crippen LogP contribution in [0.15, 0.2) is 23.6 Å². The average molecular weight is 692 g/mol. The molecule has 0 spiro atoms. The Morgan fingerprint density at radius 1 is 1.27 bits per heavy atom. The van der Waals surface area contributed by atoms with Gasteiger partial charge in [-0.25, -0.2) is 19.3 Å². The van der Waals surface area contributed by atoms with Gasteiger partial charge in [-0.3, -0.25) is 14.3 Å². The van der Waals surface area contributed by atoms with Crippen molar-refractivity contribution in [1.82, 2.24) is 39.1 Å². The molecule has 9 atom stereocenters. The van der Waals surface area contributed by atoms with Gasteiger partial charge in [0.25, 0.3) is 5.56 Å². The Hall–Kier alpha value is -2.71. The number of alkyl halides is 1. The number of H-pyrrole nitrogens is 1. The van der Waals surface area contributed by atoms with Gasteiger partial charge in [0, 0.05) is 18.4 Å². The number of aliphatic hydroxyl groups excluding tert-OH is 1. The van der Waals surface area contributed by atoms with E-state index in [1.54, 1.807) is 0 Å². The van der Waals surface area contributed by atoms with Gasteiger partial charge in [-0.1, -0.05) is 0 Å². The number of imidazole rings is 1. The highest BCUT2D eigenvalue weighted by Gasteiger charge is 2.54. The van der Waals surface area contributed by atoms with Crippen LogP contribution in [0, 0.1) is 0 Å².